The summed E-state index contributed by atoms with van der Waals surface area (Å²) >= 11 is 5.80. The van der Waals surface area contributed by atoms with Crippen LogP contribution in [-0.4, -0.2) is 17.5 Å². The Morgan fingerprint density at radius 2 is 2.05 bits per heavy atom. The molecule has 0 spiro atoms. The Labute approximate surface area is 121 Å². The molecule has 2 aromatic rings. The molecule has 2 rings (SSSR count). The van der Waals surface area contributed by atoms with Crippen molar-refractivity contribution in [3.05, 3.63) is 47.6 Å². The van der Waals surface area contributed by atoms with Crippen molar-refractivity contribution in [2.24, 2.45) is 0 Å². The van der Waals surface area contributed by atoms with Crippen molar-refractivity contribution < 1.29 is 9.53 Å². The lowest BCUT2D eigenvalue weighted by atomic mass is 10.3. The third kappa shape index (κ3) is 4.44. The Bertz CT molecular complexity index is 587. The molecule has 0 atom stereocenters. The van der Waals surface area contributed by atoms with Crippen LogP contribution in [0.2, 0.25) is 5.02 Å². The number of amides is 1. The highest BCUT2D eigenvalue weighted by Crippen LogP contribution is 2.14. The Morgan fingerprint density at radius 1 is 1.30 bits per heavy atom. The quantitative estimate of drug-likeness (QED) is 0.830. The number of rotatable bonds is 5. The van der Waals surface area contributed by atoms with E-state index in [0.29, 0.717) is 22.3 Å². The second-order valence-electron chi connectivity index (χ2n) is 4.07. The van der Waals surface area contributed by atoms with Crippen molar-refractivity contribution in [1.82, 2.24) is 4.98 Å². The van der Waals surface area contributed by atoms with Crippen LogP contribution in [0.1, 0.15) is 6.42 Å². The van der Waals surface area contributed by atoms with Gasteiger partial charge in [0, 0.05) is 16.9 Å². The molecule has 1 aromatic heterocycles. The fraction of sp³-hybridized carbons (Fsp3) is 0.143. The van der Waals surface area contributed by atoms with Gasteiger partial charge >= 0.3 is 0 Å². The predicted molar refractivity (Wildman–Crippen MR) is 78.8 cm³/mol. The Hall–Kier alpha value is -2.27. The minimum absolute atomic E-state index is 0.185. The van der Waals surface area contributed by atoms with Gasteiger partial charge in [-0.3, -0.25) is 4.79 Å². The van der Waals surface area contributed by atoms with Gasteiger partial charge < -0.3 is 15.8 Å². The van der Waals surface area contributed by atoms with Crippen molar-refractivity contribution in [2.75, 3.05) is 17.7 Å². The van der Waals surface area contributed by atoms with Crippen LogP contribution in [0.25, 0.3) is 0 Å². The number of nitrogens with two attached hydrogens (primary N) is 1. The molecular weight excluding hydrogens is 278 g/mol. The van der Waals surface area contributed by atoms with Gasteiger partial charge in [-0.05, 0) is 36.4 Å². The second kappa shape index (κ2) is 6.77. The first-order valence-corrected chi connectivity index (χ1v) is 6.41. The van der Waals surface area contributed by atoms with Gasteiger partial charge in [0.15, 0.2) is 0 Å². The number of aromatic nitrogens is 1. The highest BCUT2D eigenvalue weighted by Gasteiger charge is 2.04. The largest absolute Gasteiger partial charge is 0.493 e. The van der Waals surface area contributed by atoms with Gasteiger partial charge in [0.1, 0.15) is 11.6 Å². The maximum Gasteiger partial charge on any atom is 0.228 e. The van der Waals surface area contributed by atoms with Crippen LogP contribution in [-0.2, 0) is 4.79 Å². The number of nitrogens with zero attached hydrogens (tertiary/aromatic N) is 1. The fourth-order valence-electron chi connectivity index (χ4n) is 1.50. The number of carbonyl (C=O) groups excluding carboxylic acids is 1. The van der Waals surface area contributed by atoms with E-state index >= 15 is 0 Å². The number of pyridine rings is 1. The molecule has 3 N–H and O–H groups in total. The van der Waals surface area contributed by atoms with Crippen LogP contribution in [0.5, 0.6) is 5.75 Å². The summed E-state index contributed by atoms with van der Waals surface area (Å²) in [5.41, 5.74) is 6.23. The topological polar surface area (TPSA) is 77.2 Å². The number of anilines is 2. The third-order valence-electron chi connectivity index (χ3n) is 2.47. The number of hydrogen-bond acceptors (Lipinski definition) is 4. The molecule has 1 amide bonds. The molecule has 0 aliphatic rings. The summed E-state index contributed by atoms with van der Waals surface area (Å²) in [6.45, 7) is 0.274. The third-order valence-corrected chi connectivity index (χ3v) is 2.70. The van der Waals surface area contributed by atoms with Crippen molar-refractivity contribution in [2.45, 2.75) is 6.42 Å². The fourth-order valence-corrected chi connectivity index (χ4v) is 1.66. The second-order valence-corrected chi connectivity index (χ2v) is 4.51. The van der Waals surface area contributed by atoms with Gasteiger partial charge in [-0.1, -0.05) is 11.6 Å². The summed E-state index contributed by atoms with van der Waals surface area (Å²) in [4.78, 5) is 15.7. The monoisotopic (exact) mass is 291 g/mol. The van der Waals surface area contributed by atoms with Crippen molar-refractivity contribution in [1.29, 1.82) is 0 Å². The molecule has 104 valence electrons. The molecule has 0 aliphatic carbocycles. The number of nitrogens with one attached hydrogen (secondary N) is 1. The van der Waals surface area contributed by atoms with Crippen LogP contribution in [0.15, 0.2) is 42.6 Å². The van der Waals surface area contributed by atoms with E-state index in [1.807, 2.05) is 0 Å². The molecular formula is C14H14ClN3O2. The predicted octanol–water partition coefficient (Wildman–Crippen LogP) is 2.72. The molecule has 1 aromatic carbocycles. The standard InChI is InChI=1S/C14H14ClN3O2/c15-10-5-7-17-13(9-10)18-14(19)6-8-20-12-3-1-11(16)2-4-12/h1-5,7,9H,6,8,16H2,(H,17,18,19). The average molecular weight is 292 g/mol. The van der Waals surface area contributed by atoms with Crippen LogP contribution >= 0.6 is 11.6 Å². The molecule has 5 nitrogen and oxygen atoms in total. The average Bonchev–Trinajstić information content (AvgIpc) is 2.41. The Balaban J connectivity index is 1.76. The molecule has 0 unspecified atom stereocenters. The molecule has 0 saturated carbocycles. The van der Waals surface area contributed by atoms with Crippen LogP contribution in [0, 0.1) is 0 Å². The summed E-state index contributed by atoms with van der Waals surface area (Å²) < 4.78 is 5.43. The molecule has 0 fully saturated rings. The van der Waals surface area contributed by atoms with E-state index in [9.17, 15) is 4.79 Å². The first-order chi connectivity index (χ1) is 9.63. The normalized spacial score (nSPS) is 10.1. The van der Waals surface area contributed by atoms with E-state index in [-0.39, 0.29) is 18.9 Å². The maximum atomic E-state index is 11.7. The van der Waals surface area contributed by atoms with E-state index in [2.05, 4.69) is 10.3 Å². The smallest absolute Gasteiger partial charge is 0.228 e. The van der Waals surface area contributed by atoms with Gasteiger partial charge in [-0.25, -0.2) is 4.98 Å². The van der Waals surface area contributed by atoms with Crippen molar-refractivity contribution >= 4 is 29.0 Å². The lowest BCUT2D eigenvalue weighted by Crippen LogP contribution is -2.15. The summed E-state index contributed by atoms with van der Waals surface area (Å²) in [6.07, 6.45) is 1.75. The van der Waals surface area contributed by atoms with E-state index in [1.54, 1.807) is 36.4 Å². The van der Waals surface area contributed by atoms with Gasteiger partial charge in [0.05, 0.1) is 13.0 Å². The maximum absolute atomic E-state index is 11.7. The van der Waals surface area contributed by atoms with Gasteiger partial charge in [-0.2, -0.15) is 0 Å². The van der Waals surface area contributed by atoms with Gasteiger partial charge in [0.2, 0.25) is 5.91 Å². The lowest BCUT2D eigenvalue weighted by molar-refractivity contribution is -0.116. The van der Waals surface area contributed by atoms with E-state index in [1.165, 1.54) is 6.20 Å². The molecule has 0 aliphatic heterocycles. The first kappa shape index (κ1) is 14.1. The number of benzene rings is 1. The SMILES string of the molecule is Nc1ccc(OCCC(=O)Nc2cc(Cl)ccn2)cc1. The van der Waals surface area contributed by atoms with Gasteiger partial charge in [-0.15, -0.1) is 0 Å². The van der Waals surface area contributed by atoms with Crippen LogP contribution in [0.3, 0.4) is 0 Å². The van der Waals surface area contributed by atoms with Crippen molar-refractivity contribution in [3.63, 3.8) is 0 Å². The highest BCUT2D eigenvalue weighted by atomic mass is 35.5. The van der Waals surface area contributed by atoms with E-state index < -0.39 is 0 Å². The summed E-state index contributed by atoms with van der Waals surface area (Å²) in [5.74, 6) is 0.915. The zero-order valence-corrected chi connectivity index (χ0v) is 11.4. The van der Waals surface area contributed by atoms with Gasteiger partial charge in [0.25, 0.3) is 0 Å². The number of halogens is 1. The minimum Gasteiger partial charge on any atom is -0.493 e. The Morgan fingerprint density at radius 3 is 2.75 bits per heavy atom. The molecule has 0 radical (unpaired) electrons. The van der Waals surface area contributed by atoms with Crippen molar-refractivity contribution in [3.8, 4) is 5.75 Å². The number of ether oxygens (including phenoxy) is 1. The molecule has 20 heavy (non-hydrogen) atoms. The van der Waals surface area contributed by atoms with Crippen LogP contribution < -0.4 is 15.8 Å². The van der Waals surface area contributed by atoms with E-state index in [4.69, 9.17) is 22.1 Å². The minimum atomic E-state index is -0.185. The highest BCUT2D eigenvalue weighted by molar-refractivity contribution is 6.30. The lowest BCUT2D eigenvalue weighted by Gasteiger charge is -2.07. The zero-order valence-electron chi connectivity index (χ0n) is 10.7. The number of carbonyl (C=O) groups is 1. The summed E-state index contributed by atoms with van der Waals surface area (Å²) in [7, 11) is 0. The summed E-state index contributed by atoms with van der Waals surface area (Å²) in [5, 5.41) is 3.17. The zero-order chi connectivity index (χ0) is 14.4. The number of hydrogen-bond donors (Lipinski definition) is 2. The molecule has 6 heteroatoms. The van der Waals surface area contributed by atoms with Crippen LogP contribution in [0.4, 0.5) is 11.5 Å². The molecule has 1 heterocycles. The Kier molecular flexibility index (Phi) is 4.79. The van der Waals surface area contributed by atoms with E-state index in [0.717, 1.165) is 0 Å². The molecule has 0 saturated heterocycles. The first-order valence-electron chi connectivity index (χ1n) is 6.03. The summed E-state index contributed by atoms with van der Waals surface area (Å²) in [6, 6.07) is 10.2. The molecule has 0 bridgehead atoms. The number of nitrogen functional groups attached to an aromatic ring is 1.